The highest BCUT2D eigenvalue weighted by molar-refractivity contribution is 5.69. The van der Waals surface area contributed by atoms with Crippen LogP contribution in [0.15, 0.2) is 0 Å². The van der Waals surface area contributed by atoms with Crippen molar-refractivity contribution in [2.45, 2.75) is 38.1 Å². The van der Waals surface area contributed by atoms with E-state index in [-0.39, 0.29) is 17.8 Å². The molecule has 0 bridgehead atoms. The van der Waals surface area contributed by atoms with E-state index in [1.165, 1.54) is 0 Å². The van der Waals surface area contributed by atoms with Crippen LogP contribution in [0.3, 0.4) is 0 Å². The van der Waals surface area contributed by atoms with Gasteiger partial charge in [-0.2, -0.15) is 0 Å². The van der Waals surface area contributed by atoms with Crippen LogP contribution >= 0.6 is 0 Å². The summed E-state index contributed by atoms with van der Waals surface area (Å²) < 4.78 is 16.0. The van der Waals surface area contributed by atoms with Gasteiger partial charge in [0.2, 0.25) is 0 Å². The molecular formula is C11H19NO4. The zero-order valence-electron chi connectivity index (χ0n) is 10.3. The van der Waals surface area contributed by atoms with Gasteiger partial charge in [-0.25, -0.2) is 4.79 Å². The van der Waals surface area contributed by atoms with Crippen LogP contribution in [0.5, 0.6) is 0 Å². The number of hydrogen-bond donors (Lipinski definition) is 0. The lowest BCUT2D eigenvalue weighted by molar-refractivity contribution is 0.0250. The molecule has 0 aliphatic carbocycles. The number of methoxy groups -OCH3 is 1. The van der Waals surface area contributed by atoms with Crippen molar-refractivity contribution in [3.63, 3.8) is 0 Å². The maximum Gasteiger partial charge on any atom is 0.410 e. The van der Waals surface area contributed by atoms with Crippen LogP contribution in [0.25, 0.3) is 0 Å². The van der Waals surface area contributed by atoms with Crippen molar-refractivity contribution in [3.8, 4) is 0 Å². The molecule has 0 aromatic rings. The zero-order valence-corrected chi connectivity index (χ0v) is 10.3. The Labute approximate surface area is 95.6 Å². The lowest BCUT2D eigenvalue weighted by atomic mass is 10.1. The number of amides is 1. The van der Waals surface area contributed by atoms with Crippen LogP contribution in [0.1, 0.15) is 20.8 Å². The molecule has 0 N–H and O–H groups in total. The van der Waals surface area contributed by atoms with Crippen molar-refractivity contribution in [1.29, 1.82) is 0 Å². The molecule has 0 radical (unpaired) electrons. The molecule has 0 saturated carbocycles. The van der Waals surface area contributed by atoms with Crippen LogP contribution in [0, 0.1) is 0 Å². The van der Waals surface area contributed by atoms with Crippen molar-refractivity contribution in [1.82, 2.24) is 4.90 Å². The van der Waals surface area contributed by atoms with E-state index in [1.54, 1.807) is 12.0 Å². The van der Waals surface area contributed by atoms with Crippen molar-refractivity contribution in [2.24, 2.45) is 0 Å². The predicted molar refractivity (Wildman–Crippen MR) is 57.3 cm³/mol. The fourth-order valence-corrected chi connectivity index (χ4v) is 1.98. The van der Waals surface area contributed by atoms with Gasteiger partial charge in [0, 0.05) is 7.11 Å². The summed E-state index contributed by atoms with van der Waals surface area (Å²) in [6.07, 6.45) is -0.318. The largest absolute Gasteiger partial charge is 0.444 e. The number of hydrogen-bond acceptors (Lipinski definition) is 4. The summed E-state index contributed by atoms with van der Waals surface area (Å²) in [4.78, 5) is 13.5. The number of epoxide rings is 1. The Bertz CT molecular complexity index is 293. The minimum absolute atomic E-state index is 0.0278. The van der Waals surface area contributed by atoms with Crippen LogP contribution in [-0.2, 0) is 14.2 Å². The van der Waals surface area contributed by atoms with E-state index in [4.69, 9.17) is 14.2 Å². The second-order valence-electron chi connectivity index (χ2n) is 5.44. The number of carbonyl (C=O) groups excluding carboxylic acids is 1. The van der Waals surface area contributed by atoms with Gasteiger partial charge >= 0.3 is 6.09 Å². The summed E-state index contributed by atoms with van der Waals surface area (Å²) in [6.45, 7) is 7.37. The van der Waals surface area contributed by atoms with Gasteiger partial charge in [-0.05, 0) is 20.8 Å². The van der Waals surface area contributed by atoms with Crippen LogP contribution in [-0.4, -0.2) is 55.1 Å². The van der Waals surface area contributed by atoms with E-state index < -0.39 is 5.60 Å². The van der Waals surface area contributed by atoms with E-state index in [2.05, 4.69) is 0 Å². The maximum absolute atomic E-state index is 11.8. The Balaban J connectivity index is 1.95. The van der Waals surface area contributed by atoms with Gasteiger partial charge in [0.15, 0.2) is 0 Å². The Hall–Kier alpha value is -0.810. The van der Waals surface area contributed by atoms with E-state index >= 15 is 0 Å². The SMILES string of the molecule is CO[C@H]1CN(C(=O)OC(C)(C)C)C[C@]12CO2. The molecule has 0 aromatic carbocycles. The van der Waals surface area contributed by atoms with Crippen LogP contribution in [0.2, 0.25) is 0 Å². The van der Waals surface area contributed by atoms with Gasteiger partial charge in [-0.15, -0.1) is 0 Å². The van der Waals surface area contributed by atoms with E-state index in [0.717, 1.165) is 0 Å². The summed E-state index contributed by atoms with van der Waals surface area (Å²) in [6, 6.07) is 0. The van der Waals surface area contributed by atoms with Crippen LogP contribution < -0.4 is 0 Å². The highest BCUT2D eigenvalue weighted by atomic mass is 16.6. The molecule has 2 aliphatic heterocycles. The molecule has 5 heteroatoms. The number of likely N-dealkylation sites (tertiary alicyclic amines) is 1. The summed E-state index contributed by atoms with van der Waals surface area (Å²) >= 11 is 0. The summed E-state index contributed by atoms with van der Waals surface area (Å²) in [5.74, 6) is 0. The van der Waals surface area contributed by atoms with Crippen molar-refractivity contribution in [3.05, 3.63) is 0 Å². The van der Waals surface area contributed by atoms with Gasteiger partial charge in [-0.1, -0.05) is 0 Å². The normalized spacial score (nSPS) is 33.2. The first kappa shape index (κ1) is 11.7. The summed E-state index contributed by atoms with van der Waals surface area (Å²) in [7, 11) is 1.65. The fraction of sp³-hybridized carbons (Fsp3) is 0.909. The smallest absolute Gasteiger partial charge is 0.410 e. The Morgan fingerprint density at radius 3 is 2.50 bits per heavy atom. The van der Waals surface area contributed by atoms with Crippen molar-refractivity contribution < 1.29 is 19.0 Å². The maximum atomic E-state index is 11.8. The van der Waals surface area contributed by atoms with Crippen molar-refractivity contribution in [2.75, 3.05) is 26.8 Å². The van der Waals surface area contributed by atoms with Crippen molar-refractivity contribution >= 4 is 6.09 Å². The second kappa shape index (κ2) is 3.60. The summed E-state index contributed by atoms with van der Waals surface area (Å²) in [5, 5.41) is 0. The van der Waals surface area contributed by atoms with E-state index in [9.17, 15) is 4.79 Å². The average molecular weight is 229 g/mol. The lowest BCUT2D eigenvalue weighted by Gasteiger charge is -2.24. The molecule has 1 spiro atoms. The number of ether oxygens (including phenoxy) is 3. The molecular weight excluding hydrogens is 210 g/mol. The highest BCUT2D eigenvalue weighted by Crippen LogP contribution is 2.39. The summed E-state index contributed by atoms with van der Waals surface area (Å²) in [5.41, 5.74) is -0.717. The number of rotatable bonds is 1. The molecule has 2 heterocycles. The molecule has 2 rings (SSSR count). The van der Waals surface area contributed by atoms with Gasteiger partial charge in [0.05, 0.1) is 19.7 Å². The number of nitrogens with zero attached hydrogens (tertiary/aromatic N) is 1. The highest BCUT2D eigenvalue weighted by Gasteiger charge is 2.59. The third-order valence-corrected chi connectivity index (χ3v) is 2.88. The Morgan fingerprint density at radius 2 is 2.12 bits per heavy atom. The monoisotopic (exact) mass is 229 g/mol. The number of carbonyl (C=O) groups is 1. The fourth-order valence-electron chi connectivity index (χ4n) is 1.98. The average Bonchev–Trinajstić information content (AvgIpc) is 2.77. The van der Waals surface area contributed by atoms with Gasteiger partial charge in [0.25, 0.3) is 0 Å². The Kier molecular flexibility index (Phi) is 2.62. The zero-order chi connectivity index (χ0) is 12.0. The predicted octanol–water partition coefficient (Wildman–Crippen LogP) is 1.02. The van der Waals surface area contributed by atoms with Crippen LogP contribution in [0.4, 0.5) is 4.79 Å². The molecule has 2 saturated heterocycles. The minimum Gasteiger partial charge on any atom is -0.444 e. The Morgan fingerprint density at radius 1 is 1.50 bits per heavy atom. The molecule has 0 unspecified atom stereocenters. The topological polar surface area (TPSA) is 51.3 Å². The minimum atomic E-state index is -0.459. The molecule has 2 aliphatic rings. The van der Waals surface area contributed by atoms with Gasteiger partial charge < -0.3 is 19.1 Å². The molecule has 5 nitrogen and oxygen atoms in total. The molecule has 1 amide bonds. The standard InChI is InChI=1S/C11H19NO4/c1-10(2,3)16-9(13)12-5-8(14-4)11(6-12)7-15-11/h8H,5-7H2,1-4H3/t8-,11-/m0/s1. The third-order valence-electron chi connectivity index (χ3n) is 2.88. The van der Waals surface area contributed by atoms with E-state index in [0.29, 0.717) is 19.7 Å². The molecule has 0 aromatic heterocycles. The quantitative estimate of drug-likeness (QED) is 0.630. The first-order valence-electron chi connectivity index (χ1n) is 5.51. The van der Waals surface area contributed by atoms with Gasteiger partial charge in [-0.3, -0.25) is 0 Å². The molecule has 16 heavy (non-hydrogen) atoms. The van der Waals surface area contributed by atoms with Gasteiger partial charge in [0.1, 0.15) is 17.3 Å². The second-order valence-corrected chi connectivity index (χ2v) is 5.44. The first-order chi connectivity index (χ1) is 7.36. The third kappa shape index (κ3) is 2.15. The lowest BCUT2D eigenvalue weighted by Crippen LogP contribution is -2.36. The first-order valence-corrected chi connectivity index (χ1v) is 5.51. The molecule has 2 atom stereocenters. The van der Waals surface area contributed by atoms with E-state index in [1.807, 2.05) is 20.8 Å². The molecule has 2 fully saturated rings. The molecule has 92 valence electrons.